The smallest absolute Gasteiger partial charge is 0.287 e. The van der Waals surface area contributed by atoms with Crippen molar-refractivity contribution in [1.82, 2.24) is 5.32 Å². The fourth-order valence-electron chi connectivity index (χ4n) is 2.99. The van der Waals surface area contributed by atoms with Gasteiger partial charge >= 0.3 is 0 Å². The summed E-state index contributed by atoms with van der Waals surface area (Å²) in [6.07, 6.45) is 0.894. The Hall–Kier alpha value is -1.77. The van der Waals surface area contributed by atoms with Crippen molar-refractivity contribution in [1.29, 1.82) is 0 Å². The van der Waals surface area contributed by atoms with Gasteiger partial charge in [-0.25, -0.2) is 0 Å². The summed E-state index contributed by atoms with van der Waals surface area (Å²) in [6.45, 7) is 12.6. The number of nitrogens with one attached hydrogen (secondary N) is 1. The molecule has 2 rings (SSSR count). The zero-order valence-electron chi connectivity index (χ0n) is 13.8. The molecule has 0 aliphatic heterocycles. The first-order valence-corrected chi connectivity index (χ1v) is 7.38. The Morgan fingerprint density at radius 3 is 2.43 bits per heavy atom. The van der Waals surface area contributed by atoms with Gasteiger partial charge in [0.05, 0.1) is 0 Å². The number of benzene rings is 1. The highest BCUT2D eigenvalue weighted by molar-refractivity contribution is 5.96. The molecule has 1 N–H and O–H groups in total. The lowest BCUT2D eigenvalue weighted by Gasteiger charge is -2.33. The molecule has 0 atom stereocenters. The highest BCUT2D eigenvalue weighted by atomic mass is 16.3. The van der Waals surface area contributed by atoms with Gasteiger partial charge in [-0.1, -0.05) is 32.9 Å². The standard InChI is InChI=1S/C18H25NO2/c1-12-7-8-13-10-15(21-14(13)9-12)16(20)19-18(5,6)11-17(2,3)4/h7-10H,11H2,1-6H3,(H,19,20). The number of amides is 1. The summed E-state index contributed by atoms with van der Waals surface area (Å²) in [5.74, 6) is 0.218. The molecule has 1 aromatic carbocycles. The van der Waals surface area contributed by atoms with E-state index in [4.69, 9.17) is 4.42 Å². The Labute approximate surface area is 126 Å². The first-order chi connectivity index (χ1) is 9.56. The van der Waals surface area contributed by atoms with Crippen molar-refractivity contribution in [3.8, 4) is 0 Å². The Kier molecular flexibility index (Phi) is 3.87. The third kappa shape index (κ3) is 4.10. The van der Waals surface area contributed by atoms with Crippen LogP contribution in [0.3, 0.4) is 0 Å². The quantitative estimate of drug-likeness (QED) is 0.890. The number of furan rings is 1. The maximum atomic E-state index is 12.4. The minimum atomic E-state index is -0.274. The van der Waals surface area contributed by atoms with Crippen LogP contribution in [-0.4, -0.2) is 11.4 Å². The maximum absolute atomic E-state index is 12.4. The number of rotatable bonds is 3. The second-order valence-corrected chi connectivity index (χ2v) is 7.73. The number of hydrogen-bond acceptors (Lipinski definition) is 2. The average Bonchev–Trinajstić information content (AvgIpc) is 2.67. The molecule has 0 aliphatic rings. The molecule has 0 radical (unpaired) electrons. The predicted octanol–water partition coefficient (Wildman–Crippen LogP) is 4.69. The Morgan fingerprint density at radius 1 is 1.14 bits per heavy atom. The molecule has 3 nitrogen and oxygen atoms in total. The topological polar surface area (TPSA) is 42.2 Å². The van der Waals surface area contributed by atoms with E-state index in [-0.39, 0.29) is 16.9 Å². The van der Waals surface area contributed by atoms with E-state index in [1.807, 2.05) is 39.0 Å². The molecule has 1 aromatic heterocycles. The molecule has 1 heterocycles. The van der Waals surface area contributed by atoms with Crippen LogP contribution in [0.5, 0.6) is 0 Å². The lowest BCUT2D eigenvalue weighted by atomic mass is 9.82. The summed E-state index contributed by atoms with van der Waals surface area (Å²) >= 11 is 0. The van der Waals surface area contributed by atoms with E-state index in [0.29, 0.717) is 5.76 Å². The van der Waals surface area contributed by atoms with Gasteiger partial charge in [-0.2, -0.15) is 0 Å². The Bertz CT molecular complexity index is 659. The van der Waals surface area contributed by atoms with Crippen molar-refractivity contribution in [2.75, 3.05) is 0 Å². The molecule has 0 saturated heterocycles. The molecule has 1 amide bonds. The van der Waals surface area contributed by atoms with Crippen LogP contribution < -0.4 is 5.32 Å². The van der Waals surface area contributed by atoms with Gasteiger partial charge in [0.15, 0.2) is 5.76 Å². The van der Waals surface area contributed by atoms with E-state index in [0.717, 1.165) is 23.0 Å². The van der Waals surface area contributed by atoms with Crippen molar-refractivity contribution in [2.24, 2.45) is 5.41 Å². The van der Waals surface area contributed by atoms with Gasteiger partial charge in [0.1, 0.15) is 5.58 Å². The van der Waals surface area contributed by atoms with Crippen molar-refractivity contribution in [2.45, 2.75) is 53.5 Å². The van der Waals surface area contributed by atoms with E-state index >= 15 is 0 Å². The van der Waals surface area contributed by atoms with Gasteiger partial charge in [-0.05, 0) is 50.3 Å². The number of aryl methyl sites for hydroxylation is 1. The fraction of sp³-hybridized carbons (Fsp3) is 0.500. The van der Waals surface area contributed by atoms with Crippen LogP contribution in [0.4, 0.5) is 0 Å². The van der Waals surface area contributed by atoms with Gasteiger partial charge in [0.25, 0.3) is 5.91 Å². The number of carbonyl (C=O) groups is 1. The van der Waals surface area contributed by atoms with E-state index in [9.17, 15) is 4.79 Å². The minimum Gasteiger partial charge on any atom is -0.451 e. The van der Waals surface area contributed by atoms with Gasteiger partial charge < -0.3 is 9.73 Å². The second-order valence-electron chi connectivity index (χ2n) is 7.73. The van der Waals surface area contributed by atoms with Gasteiger partial charge in [0.2, 0.25) is 0 Å². The summed E-state index contributed by atoms with van der Waals surface area (Å²) in [5, 5.41) is 4.03. The number of fused-ring (bicyclic) bond motifs is 1. The summed E-state index contributed by atoms with van der Waals surface area (Å²) in [7, 11) is 0. The summed E-state index contributed by atoms with van der Waals surface area (Å²) in [4.78, 5) is 12.4. The first-order valence-electron chi connectivity index (χ1n) is 7.38. The molecule has 3 heteroatoms. The normalized spacial score (nSPS) is 12.7. The third-order valence-electron chi connectivity index (χ3n) is 3.32. The molecule has 0 bridgehead atoms. The molecular formula is C18H25NO2. The maximum Gasteiger partial charge on any atom is 0.287 e. The predicted molar refractivity (Wildman–Crippen MR) is 86.6 cm³/mol. The van der Waals surface area contributed by atoms with Crippen LogP contribution in [-0.2, 0) is 0 Å². The average molecular weight is 287 g/mol. The molecule has 0 spiro atoms. The van der Waals surface area contributed by atoms with Crippen LogP contribution in [0, 0.1) is 12.3 Å². The fourth-order valence-corrected chi connectivity index (χ4v) is 2.99. The summed E-state index contributed by atoms with van der Waals surface area (Å²) < 4.78 is 5.67. The monoisotopic (exact) mass is 287 g/mol. The summed E-state index contributed by atoms with van der Waals surface area (Å²) in [6, 6.07) is 7.75. The van der Waals surface area contributed by atoms with Crippen LogP contribution in [0.25, 0.3) is 11.0 Å². The first kappa shape index (κ1) is 15.6. The van der Waals surface area contributed by atoms with Gasteiger partial charge in [-0.3, -0.25) is 4.79 Å². The molecule has 0 fully saturated rings. The lowest BCUT2D eigenvalue weighted by Crippen LogP contribution is -2.45. The molecule has 21 heavy (non-hydrogen) atoms. The highest BCUT2D eigenvalue weighted by Crippen LogP contribution is 2.27. The molecule has 0 unspecified atom stereocenters. The number of hydrogen-bond donors (Lipinski definition) is 1. The second kappa shape index (κ2) is 5.21. The van der Waals surface area contributed by atoms with E-state index in [1.165, 1.54) is 0 Å². The Morgan fingerprint density at radius 2 is 1.81 bits per heavy atom. The van der Waals surface area contributed by atoms with Crippen LogP contribution >= 0.6 is 0 Å². The molecule has 114 valence electrons. The number of carbonyl (C=O) groups excluding carboxylic acids is 1. The third-order valence-corrected chi connectivity index (χ3v) is 3.32. The van der Waals surface area contributed by atoms with Crippen LogP contribution in [0.2, 0.25) is 0 Å². The largest absolute Gasteiger partial charge is 0.451 e. The van der Waals surface area contributed by atoms with Gasteiger partial charge in [-0.15, -0.1) is 0 Å². The Balaban J connectivity index is 2.18. The zero-order valence-corrected chi connectivity index (χ0v) is 13.8. The van der Waals surface area contributed by atoms with Crippen molar-refractivity contribution in [3.05, 3.63) is 35.6 Å². The summed E-state index contributed by atoms with van der Waals surface area (Å²) in [5.41, 5.74) is 1.76. The van der Waals surface area contributed by atoms with Crippen molar-refractivity contribution < 1.29 is 9.21 Å². The highest BCUT2D eigenvalue weighted by Gasteiger charge is 2.28. The molecule has 0 aliphatic carbocycles. The van der Waals surface area contributed by atoms with Crippen LogP contribution in [0.1, 0.15) is 57.2 Å². The SMILES string of the molecule is Cc1ccc2cc(C(=O)NC(C)(C)CC(C)(C)C)oc2c1. The minimum absolute atomic E-state index is 0.155. The molecular weight excluding hydrogens is 262 g/mol. The van der Waals surface area contributed by atoms with Crippen molar-refractivity contribution in [3.63, 3.8) is 0 Å². The van der Waals surface area contributed by atoms with E-state index in [1.54, 1.807) is 6.07 Å². The molecule has 2 aromatic rings. The van der Waals surface area contributed by atoms with Gasteiger partial charge in [0, 0.05) is 10.9 Å². The zero-order chi connectivity index (χ0) is 15.8. The van der Waals surface area contributed by atoms with Crippen molar-refractivity contribution >= 4 is 16.9 Å². The van der Waals surface area contributed by atoms with E-state index < -0.39 is 0 Å². The lowest BCUT2D eigenvalue weighted by molar-refractivity contribution is 0.0865. The van der Waals surface area contributed by atoms with E-state index in [2.05, 4.69) is 26.1 Å². The van der Waals surface area contributed by atoms with Crippen LogP contribution in [0.15, 0.2) is 28.7 Å². The molecule has 0 saturated carbocycles.